The number of fused-ring (bicyclic) bond motifs is 2. The van der Waals surface area contributed by atoms with Crippen LogP contribution in [0.2, 0.25) is 0 Å². The predicted octanol–water partition coefficient (Wildman–Crippen LogP) is 4.75. The maximum atomic E-state index is 13.2. The second-order valence-electron chi connectivity index (χ2n) is 7.53. The number of carbonyl (C=O) groups excluding carboxylic acids is 1. The highest BCUT2D eigenvalue weighted by Crippen LogP contribution is 2.38. The summed E-state index contributed by atoms with van der Waals surface area (Å²) >= 11 is 0. The topological polar surface area (TPSA) is 79.3 Å². The van der Waals surface area contributed by atoms with Crippen molar-refractivity contribution in [2.75, 3.05) is 5.32 Å². The van der Waals surface area contributed by atoms with Crippen LogP contribution in [0.15, 0.2) is 34.8 Å². The number of rotatable bonds is 4. The normalized spacial score (nSPS) is 15.8. The minimum atomic E-state index is -3.33. The lowest BCUT2D eigenvalue weighted by molar-refractivity contribution is 0.256. The average Bonchev–Trinajstić information content (AvgIpc) is 3.37. The standard InChI is InChI=1S/C22H21N5O2S/c1-23-18-11-9-15(10-12-18)14-30(29,27-24-2)26-22(28)25-21-19-7-3-5-16(19)13-17-6-4-8-20(17)21/h9-13H,3-8,14H2,(H2,25,26,27,28,29). The van der Waals surface area contributed by atoms with Crippen molar-refractivity contribution in [3.63, 3.8) is 0 Å². The van der Waals surface area contributed by atoms with Crippen LogP contribution in [0.1, 0.15) is 40.7 Å². The second kappa shape index (κ2) is 8.17. The van der Waals surface area contributed by atoms with Gasteiger partial charge in [-0.05, 0) is 66.3 Å². The Kier molecular flexibility index (Phi) is 5.43. The van der Waals surface area contributed by atoms with Gasteiger partial charge in [0.2, 0.25) is 9.92 Å². The molecule has 0 heterocycles. The molecule has 30 heavy (non-hydrogen) atoms. The largest absolute Gasteiger partial charge is 0.331 e. The molecular formula is C22H21N5O2S. The van der Waals surface area contributed by atoms with Gasteiger partial charge in [0, 0.05) is 5.69 Å². The average molecular weight is 420 g/mol. The molecule has 7 nitrogen and oxygen atoms in total. The third kappa shape index (κ3) is 4.00. The number of hydrogen-bond donors (Lipinski definition) is 2. The Bertz CT molecular complexity index is 1180. The zero-order valence-corrected chi connectivity index (χ0v) is 17.2. The minimum absolute atomic E-state index is 0.105. The SMILES string of the molecule is [C-]#[N+]N=S(=O)(Cc1ccc([N+]#[C-])cc1)NC(=O)Nc1c2c(cc3c1CCC3)CCC2. The van der Waals surface area contributed by atoms with Gasteiger partial charge < -0.3 is 5.32 Å². The summed E-state index contributed by atoms with van der Waals surface area (Å²) in [5.41, 5.74) is 6.87. The van der Waals surface area contributed by atoms with Gasteiger partial charge in [-0.15, -0.1) is 4.95 Å². The third-order valence-corrected chi connectivity index (χ3v) is 7.14. The Morgan fingerprint density at radius 1 is 1.03 bits per heavy atom. The fourth-order valence-corrected chi connectivity index (χ4v) is 5.58. The molecule has 2 N–H and O–H groups in total. The van der Waals surface area contributed by atoms with E-state index in [4.69, 9.17) is 13.1 Å². The van der Waals surface area contributed by atoms with E-state index in [-0.39, 0.29) is 5.75 Å². The first kappa shape index (κ1) is 19.9. The second-order valence-corrected chi connectivity index (χ2v) is 9.47. The molecule has 0 bridgehead atoms. The number of amides is 2. The highest BCUT2D eigenvalue weighted by molar-refractivity contribution is 7.91. The van der Waals surface area contributed by atoms with E-state index in [0.717, 1.165) is 44.2 Å². The van der Waals surface area contributed by atoms with E-state index in [1.54, 1.807) is 24.3 Å². The summed E-state index contributed by atoms with van der Waals surface area (Å²) in [6.45, 7) is 14.0. The highest BCUT2D eigenvalue weighted by atomic mass is 32.2. The van der Waals surface area contributed by atoms with Crippen LogP contribution in [0.25, 0.3) is 9.80 Å². The summed E-state index contributed by atoms with van der Waals surface area (Å²) in [6.07, 6.45) is 6.02. The van der Waals surface area contributed by atoms with Crippen molar-refractivity contribution in [1.82, 2.24) is 4.72 Å². The molecule has 4 rings (SSSR count). The van der Waals surface area contributed by atoms with Gasteiger partial charge >= 0.3 is 6.03 Å². The Morgan fingerprint density at radius 3 is 2.23 bits per heavy atom. The summed E-state index contributed by atoms with van der Waals surface area (Å²) in [5, 5.41) is 2.93. The van der Waals surface area contributed by atoms with Gasteiger partial charge in [0.1, 0.15) is 0 Å². The van der Waals surface area contributed by atoms with Crippen molar-refractivity contribution in [3.8, 4) is 0 Å². The molecule has 2 aromatic carbocycles. The Balaban J connectivity index is 1.57. The van der Waals surface area contributed by atoms with Gasteiger partial charge in [-0.25, -0.2) is 18.6 Å². The number of nitrogens with one attached hydrogen (secondary N) is 2. The molecule has 0 saturated heterocycles. The van der Waals surface area contributed by atoms with Crippen LogP contribution in [0.5, 0.6) is 0 Å². The van der Waals surface area contributed by atoms with Crippen molar-refractivity contribution >= 4 is 27.3 Å². The summed E-state index contributed by atoms with van der Waals surface area (Å²) in [7, 11) is -3.33. The van der Waals surface area contributed by atoms with Gasteiger partial charge in [-0.2, -0.15) is 6.57 Å². The smallest absolute Gasteiger partial charge is 0.307 e. The van der Waals surface area contributed by atoms with E-state index in [9.17, 15) is 9.00 Å². The van der Waals surface area contributed by atoms with E-state index in [1.165, 1.54) is 22.3 Å². The van der Waals surface area contributed by atoms with Gasteiger partial charge in [0.25, 0.3) is 0 Å². The molecule has 1 atom stereocenters. The fourth-order valence-electron chi connectivity index (χ4n) is 4.29. The number of anilines is 1. The molecule has 2 aliphatic rings. The number of hydrogen-bond acceptors (Lipinski definition) is 3. The number of aryl methyl sites for hydroxylation is 2. The van der Waals surface area contributed by atoms with E-state index >= 15 is 0 Å². The first-order valence-electron chi connectivity index (χ1n) is 9.83. The predicted molar refractivity (Wildman–Crippen MR) is 116 cm³/mol. The molecule has 152 valence electrons. The van der Waals surface area contributed by atoms with Crippen LogP contribution in [0.3, 0.4) is 0 Å². The Labute approximate surface area is 176 Å². The monoisotopic (exact) mass is 419 g/mol. The van der Waals surface area contributed by atoms with Gasteiger partial charge in [0.15, 0.2) is 10.2 Å². The molecule has 2 aliphatic carbocycles. The van der Waals surface area contributed by atoms with Gasteiger partial charge in [0.05, 0.1) is 12.3 Å². The third-order valence-electron chi connectivity index (χ3n) is 5.56. The van der Waals surface area contributed by atoms with E-state index in [0.29, 0.717) is 11.3 Å². The maximum absolute atomic E-state index is 13.2. The van der Waals surface area contributed by atoms with Crippen LogP contribution < -0.4 is 10.0 Å². The van der Waals surface area contributed by atoms with Crippen LogP contribution in [-0.4, -0.2) is 10.2 Å². The van der Waals surface area contributed by atoms with Crippen LogP contribution >= 0.6 is 0 Å². The number of carbonyl (C=O) groups is 1. The molecule has 2 amide bonds. The summed E-state index contributed by atoms with van der Waals surface area (Å²) in [5.74, 6) is -0.105. The quantitative estimate of drug-likeness (QED) is 0.554. The summed E-state index contributed by atoms with van der Waals surface area (Å²) < 4.78 is 19.1. The molecule has 0 aromatic heterocycles. The van der Waals surface area contributed by atoms with Gasteiger partial charge in [-0.3, -0.25) is 0 Å². The number of benzene rings is 2. The van der Waals surface area contributed by atoms with E-state index in [1.807, 2.05) is 0 Å². The molecule has 1 unspecified atom stereocenters. The van der Waals surface area contributed by atoms with Crippen molar-refractivity contribution < 1.29 is 9.00 Å². The van der Waals surface area contributed by atoms with Crippen LogP contribution in [0, 0.1) is 13.1 Å². The lowest BCUT2D eigenvalue weighted by atomic mass is 9.99. The molecule has 0 saturated carbocycles. The first-order chi connectivity index (χ1) is 14.5. The lowest BCUT2D eigenvalue weighted by Crippen LogP contribution is -2.35. The van der Waals surface area contributed by atoms with E-state index < -0.39 is 15.9 Å². The molecule has 0 spiro atoms. The fraction of sp³-hybridized carbons (Fsp3) is 0.318. The Morgan fingerprint density at radius 2 is 1.67 bits per heavy atom. The van der Waals surface area contributed by atoms with Crippen molar-refractivity contribution in [3.05, 3.63) is 81.1 Å². The number of urea groups is 1. The van der Waals surface area contributed by atoms with Crippen molar-refractivity contribution in [2.45, 2.75) is 44.3 Å². The van der Waals surface area contributed by atoms with Crippen LogP contribution in [-0.2, 0) is 41.4 Å². The first-order valence-corrected chi connectivity index (χ1v) is 11.5. The highest BCUT2D eigenvalue weighted by Gasteiger charge is 2.26. The van der Waals surface area contributed by atoms with Crippen molar-refractivity contribution in [1.29, 1.82) is 0 Å². The number of nitrogens with zero attached hydrogens (tertiary/aromatic N) is 3. The van der Waals surface area contributed by atoms with Crippen LogP contribution in [0.4, 0.5) is 16.2 Å². The van der Waals surface area contributed by atoms with Crippen molar-refractivity contribution in [2.24, 2.45) is 4.47 Å². The lowest BCUT2D eigenvalue weighted by Gasteiger charge is -2.17. The maximum Gasteiger partial charge on any atom is 0.331 e. The summed E-state index contributed by atoms with van der Waals surface area (Å²) in [6, 6.07) is 8.19. The van der Waals surface area contributed by atoms with Gasteiger partial charge in [-0.1, -0.05) is 30.3 Å². The molecule has 8 heteroatoms. The Hall–Kier alpha value is -3.36. The molecule has 0 radical (unpaired) electrons. The molecular weight excluding hydrogens is 398 g/mol. The summed E-state index contributed by atoms with van der Waals surface area (Å²) in [4.78, 5) is 19.0. The minimum Gasteiger partial charge on any atom is -0.307 e. The molecule has 0 aliphatic heterocycles. The molecule has 2 aromatic rings. The zero-order valence-electron chi connectivity index (χ0n) is 16.4. The zero-order chi connectivity index (χ0) is 21.1. The molecule has 0 fully saturated rings. The van der Waals surface area contributed by atoms with E-state index in [2.05, 4.69) is 30.4 Å².